The third-order valence-corrected chi connectivity index (χ3v) is 11.5. The van der Waals surface area contributed by atoms with Gasteiger partial charge in [-0.05, 0) is 112 Å². The van der Waals surface area contributed by atoms with Crippen molar-refractivity contribution in [3.63, 3.8) is 0 Å². The van der Waals surface area contributed by atoms with Crippen LogP contribution in [0.5, 0.6) is 0 Å². The lowest BCUT2D eigenvalue weighted by Gasteiger charge is -2.42. The predicted octanol–water partition coefficient (Wildman–Crippen LogP) is 8.02. The van der Waals surface area contributed by atoms with Gasteiger partial charge in [-0.3, -0.25) is 14.4 Å². The molecule has 2 unspecified atom stereocenters. The number of hydrogen-bond acceptors (Lipinski definition) is 7. The lowest BCUT2D eigenvalue weighted by Crippen LogP contribution is -2.50. The van der Waals surface area contributed by atoms with Gasteiger partial charge in [-0.25, -0.2) is 8.78 Å². The zero-order chi connectivity index (χ0) is 38.1. The summed E-state index contributed by atoms with van der Waals surface area (Å²) < 4.78 is 39.7. The van der Waals surface area contributed by atoms with Crippen molar-refractivity contribution in [2.75, 3.05) is 52.5 Å². The van der Waals surface area contributed by atoms with Gasteiger partial charge < -0.3 is 19.3 Å². The van der Waals surface area contributed by atoms with Crippen LogP contribution >= 0.6 is 12.4 Å². The molecule has 0 amide bonds. The van der Waals surface area contributed by atoms with E-state index in [4.69, 9.17) is 9.47 Å². The number of Topliss-reactive ketones (excluding diaryl/α,β-unsaturated/α-hetero) is 1. The van der Waals surface area contributed by atoms with E-state index < -0.39 is 34.3 Å². The molecule has 2 aliphatic rings. The number of ether oxygens (including phenoxy) is 2. The number of likely N-dealkylation sites (tertiary alicyclic amines) is 2. The zero-order valence-corrected chi connectivity index (χ0v) is 32.4. The van der Waals surface area contributed by atoms with Crippen LogP contribution in [0, 0.1) is 11.6 Å². The molecule has 2 heterocycles. The second-order valence-electron chi connectivity index (χ2n) is 14.5. The largest absolute Gasteiger partial charge is 0.465 e. The highest BCUT2D eigenvalue weighted by molar-refractivity contribution is 5.92. The number of ketones is 1. The number of rotatable bonds is 14. The molecule has 0 spiro atoms. The van der Waals surface area contributed by atoms with Crippen molar-refractivity contribution in [2.45, 2.75) is 62.2 Å². The molecule has 10 heteroatoms. The molecular weight excluding hydrogens is 722 g/mol. The number of carbonyl (C=O) groups excluding carboxylic acids is 3. The van der Waals surface area contributed by atoms with Crippen molar-refractivity contribution >= 4 is 30.1 Å². The van der Waals surface area contributed by atoms with Crippen molar-refractivity contribution in [2.24, 2.45) is 0 Å². The van der Waals surface area contributed by atoms with Gasteiger partial charge in [0.05, 0.1) is 35.9 Å². The van der Waals surface area contributed by atoms with Gasteiger partial charge in [-0.15, -0.1) is 12.4 Å². The van der Waals surface area contributed by atoms with Crippen LogP contribution in [0.4, 0.5) is 8.78 Å². The summed E-state index contributed by atoms with van der Waals surface area (Å²) in [7, 11) is 0. The van der Waals surface area contributed by atoms with Gasteiger partial charge in [0.15, 0.2) is 0 Å². The topological polar surface area (TPSA) is 76.2 Å². The van der Waals surface area contributed by atoms with E-state index in [1.54, 1.807) is 24.3 Å². The van der Waals surface area contributed by atoms with E-state index in [1.807, 2.05) is 74.5 Å². The van der Waals surface area contributed by atoms with Crippen LogP contribution in [0.1, 0.15) is 73.6 Å². The van der Waals surface area contributed by atoms with Gasteiger partial charge in [0.2, 0.25) is 0 Å². The standard InChI is InChI=1S/C45H50F2N2O5.ClH/c1-3-53-42(51)44(35-11-7-5-8-12-35)23-27-48(28-24-44)31-39(33-15-19-37(46)20-16-33)41(50)40(34-17-21-38(47)22-18-34)32-49-29-25-45(26-30-49,43(52)54-4-2)36-13-9-6-10-14-36;/h5-22,39-40H,3-4,23-32H2,1-2H3;1H. The molecule has 0 aliphatic carbocycles. The van der Waals surface area contributed by atoms with Crippen molar-refractivity contribution in [3.8, 4) is 0 Å². The van der Waals surface area contributed by atoms with Gasteiger partial charge in [0.1, 0.15) is 17.4 Å². The Morgan fingerprint density at radius 3 is 1.20 bits per heavy atom. The van der Waals surface area contributed by atoms with Crippen molar-refractivity contribution in [1.29, 1.82) is 0 Å². The smallest absolute Gasteiger partial charge is 0.316 e. The highest BCUT2D eigenvalue weighted by Gasteiger charge is 2.46. The molecule has 0 bridgehead atoms. The number of benzene rings is 4. The third kappa shape index (κ3) is 9.34. The number of esters is 2. The molecule has 7 nitrogen and oxygen atoms in total. The summed E-state index contributed by atoms with van der Waals surface area (Å²) in [6.45, 7) is 7.17. The van der Waals surface area contributed by atoms with Crippen LogP contribution in [0.2, 0.25) is 0 Å². The van der Waals surface area contributed by atoms with Gasteiger partial charge in [-0.2, -0.15) is 0 Å². The quantitative estimate of drug-likeness (QED) is 0.120. The predicted molar refractivity (Wildman–Crippen MR) is 211 cm³/mol. The first-order valence-corrected chi connectivity index (χ1v) is 19.1. The lowest BCUT2D eigenvalue weighted by molar-refractivity contribution is -0.153. The van der Waals surface area contributed by atoms with E-state index in [2.05, 4.69) is 9.80 Å². The zero-order valence-electron chi connectivity index (χ0n) is 31.6. The fraction of sp³-hybridized carbons (Fsp3) is 0.400. The summed E-state index contributed by atoms with van der Waals surface area (Å²) in [6.07, 6.45) is 2.11. The van der Waals surface area contributed by atoms with Crippen LogP contribution in [0.15, 0.2) is 109 Å². The number of piperidine rings is 2. The molecular formula is C45H51ClF2N2O5. The molecule has 2 atom stereocenters. The van der Waals surface area contributed by atoms with E-state index >= 15 is 4.79 Å². The Hall–Kier alpha value is -4.44. The molecule has 0 N–H and O–H groups in total. The lowest BCUT2D eigenvalue weighted by atomic mass is 9.72. The van der Waals surface area contributed by atoms with E-state index in [9.17, 15) is 18.4 Å². The average molecular weight is 773 g/mol. The Morgan fingerprint density at radius 1 is 0.564 bits per heavy atom. The first-order chi connectivity index (χ1) is 26.2. The molecule has 4 aromatic rings. The summed E-state index contributed by atoms with van der Waals surface area (Å²) in [6, 6.07) is 31.7. The first-order valence-electron chi connectivity index (χ1n) is 19.1. The maximum absolute atomic E-state index is 15.1. The Bertz CT molecular complexity index is 1710. The molecule has 2 fully saturated rings. The second kappa shape index (κ2) is 18.9. The summed E-state index contributed by atoms with van der Waals surface area (Å²) in [4.78, 5) is 46.4. The van der Waals surface area contributed by atoms with Gasteiger partial charge >= 0.3 is 11.9 Å². The maximum atomic E-state index is 15.1. The fourth-order valence-electron chi connectivity index (χ4n) is 8.38. The molecule has 0 saturated carbocycles. The number of nitrogens with zero attached hydrogens (tertiary/aromatic N) is 2. The Kier molecular flexibility index (Phi) is 14.4. The van der Waals surface area contributed by atoms with Crippen LogP contribution in [-0.4, -0.2) is 80.0 Å². The highest BCUT2D eigenvalue weighted by Crippen LogP contribution is 2.40. The molecule has 55 heavy (non-hydrogen) atoms. The minimum atomic E-state index is -0.785. The van der Waals surface area contributed by atoms with Crippen molar-refractivity contribution in [3.05, 3.63) is 143 Å². The second-order valence-corrected chi connectivity index (χ2v) is 14.5. The Balaban J connectivity index is 0.00000580. The normalized spacial score (nSPS) is 18.0. The maximum Gasteiger partial charge on any atom is 0.316 e. The molecule has 0 aromatic heterocycles. The first kappa shape index (κ1) is 41.7. The summed E-state index contributed by atoms with van der Waals surface area (Å²) in [5.41, 5.74) is 1.67. The summed E-state index contributed by atoms with van der Waals surface area (Å²) in [5.74, 6) is -2.56. The Morgan fingerprint density at radius 2 is 0.891 bits per heavy atom. The van der Waals surface area contributed by atoms with Crippen molar-refractivity contribution in [1.82, 2.24) is 9.80 Å². The van der Waals surface area contributed by atoms with Gasteiger partial charge in [0, 0.05) is 13.1 Å². The van der Waals surface area contributed by atoms with Crippen molar-refractivity contribution < 1.29 is 32.6 Å². The fourth-order valence-corrected chi connectivity index (χ4v) is 8.38. The number of carbonyl (C=O) groups is 3. The van der Waals surface area contributed by atoms with E-state index in [-0.39, 0.29) is 43.3 Å². The molecule has 2 aliphatic heterocycles. The van der Waals surface area contributed by atoms with Crippen LogP contribution in [0.25, 0.3) is 0 Å². The summed E-state index contributed by atoms with van der Waals surface area (Å²) >= 11 is 0. The Labute approximate surface area is 329 Å². The third-order valence-electron chi connectivity index (χ3n) is 11.5. The van der Waals surface area contributed by atoms with Gasteiger partial charge in [-0.1, -0.05) is 84.9 Å². The van der Waals surface area contributed by atoms with Crippen LogP contribution in [-0.2, 0) is 34.7 Å². The average Bonchev–Trinajstić information content (AvgIpc) is 3.21. The molecule has 6 rings (SSSR count). The van der Waals surface area contributed by atoms with E-state index in [0.717, 1.165) is 11.1 Å². The minimum Gasteiger partial charge on any atom is -0.465 e. The van der Waals surface area contributed by atoms with E-state index in [1.165, 1.54) is 24.3 Å². The SMILES string of the molecule is CCOC(=O)C1(c2ccccc2)CCN(CC(C(=O)C(CN2CCC(C(=O)OCC)(c3ccccc3)CC2)c2ccc(F)cc2)c2ccc(F)cc2)CC1.Cl. The number of hydrogen-bond donors (Lipinski definition) is 0. The molecule has 4 aromatic carbocycles. The summed E-state index contributed by atoms with van der Waals surface area (Å²) in [5, 5.41) is 0. The van der Waals surface area contributed by atoms with Crippen LogP contribution in [0.3, 0.4) is 0 Å². The molecule has 0 radical (unpaired) electrons. The minimum absolute atomic E-state index is 0. The van der Waals surface area contributed by atoms with Crippen LogP contribution < -0.4 is 0 Å². The monoisotopic (exact) mass is 772 g/mol. The number of halogens is 3. The molecule has 2 saturated heterocycles. The van der Waals surface area contributed by atoms with E-state index in [0.29, 0.717) is 76.1 Å². The molecule has 292 valence electrons. The van der Waals surface area contributed by atoms with Gasteiger partial charge in [0.25, 0.3) is 0 Å². The highest BCUT2D eigenvalue weighted by atomic mass is 35.5.